The van der Waals surface area contributed by atoms with Gasteiger partial charge < -0.3 is 14.9 Å². The number of carbonyl (C=O) groups excluding carboxylic acids is 1. The summed E-state index contributed by atoms with van der Waals surface area (Å²) in [4.78, 5) is 37.4. The maximum absolute atomic E-state index is 13.4. The van der Waals surface area contributed by atoms with Crippen molar-refractivity contribution in [2.24, 2.45) is 7.05 Å². The number of carbonyl (C=O) groups is 1. The van der Waals surface area contributed by atoms with E-state index < -0.39 is 6.04 Å². The second-order valence-electron chi connectivity index (χ2n) is 7.60. The number of hydrogen-bond donors (Lipinski definition) is 2. The standard InChI is InChI=1S/C24H25N5O2S/c1-15-22(17-8-4-5-9-20(17)29(15)2)24(31)27-18(10-12-32-3)19-13-21(30)28-23(26-19)16-7-6-11-25-14-16/h4-9,11,13-14,18H,10,12H2,1-3H3,(H,27,31)(H,26,28,30)/t18-/m1/s1. The summed E-state index contributed by atoms with van der Waals surface area (Å²) in [7, 11) is 1.96. The van der Waals surface area contributed by atoms with Gasteiger partial charge >= 0.3 is 0 Å². The summed E-state index contributed by atoms with van der Waals surface area (Å²) in [5.41, 5.74) is 3.53. The third-order valence-corrected chi connectivity index (χ3v) is 6.24. The number of aromatic nitrogens is 4. The van der Waals surface area contributed by atoms with Gasteiger partial charge in [-0.05, 0) is 43.6 Å². The smallest absolute Gasteiger partial charge is 0.254 e. The Morgan fingerprint density at radius 2 is 2.06 bits per heavy atom. The molecule has 8 heteroatoms. The third kappa shape index (κ3) is 4.31. The molecule has 0 aliphatic rings. The lowest BCUT2D eigenvalue weighted by Crippen LogP contribution is -2.31. The lowest BCUT2D eigenvalue weighted by Gasteiger charge is -2.19. The fourth-order valence-electron chi connectivity index (χ4n) is 3.86. The van der Waals surface area contributed by atoms with Crippen molar-refractivity contribution in [3.8, 4) is 11.4 Å². The molecule has 4 aromatic rings. The van der Waals surface area contributed by atoms with Crippen molar-refractivity contribution in [1.82, 2.24) is 24.8 Å². The van der Waals surface area contributed by atoms with Crippen LogP contribution >= 0.6 is 11.8 Å². The zero-order chi connectivity index (χ0) is 22.7. The maximum Gasteiger partial charge on any atom is 0.254 e. The topological polar surface area (TPSA) is 92.7 Å². The first kappa shape index (κ1) is 21.8. The summed E-state index contributed by atoms with van der Waals surface area (Å²) < 4.78 is 2.02. The van der Waals surface area contributed by atoms with Crippen LogP contribution in [0, 0.1) is 6.92 Å². The van der Waals surface area contributed by atoms with E-state index in [1.165, 1.54) is 6.07 Å². The van der Waals surface area contributed by atoms with Crippen LogP contribution in [0.4, 0.5) is 0 Å². The van der Waals surface area contributed by atoms with E-state index >= 15 is 0 Å². The molecule has 2 N–H and O–H groups in total. The minimum atomic E-state index is -0.397. The van der Waals surface area contributed by atoms with Gasteiger partial charge in [-0.3, -0.25) is 14.6 Å². The number of hydrogen-bond acceptors (Lipinski definition) is 5. The van der Waals surface area contributed by atoms with Crippen LogP contribution < -0.4 is 10.9 Å². The van der Waals surface area contributed by atoms with Crippen molar-refractivity contribution in [3.05, 3.63) is 82.2 Å². The molecule has 1 atom stereocenters. The van der Waals surface area contributed by atoms with Crippen molar-refractivity contribution in [1.29, 1.82) is 0 Å². The molecular weight excluding hydrogens is 422 g/mol. The summed E-state index contributed by atoms with van der Waals surface area (Å²) in [6.45, 7) is 1.94. The van der Waals surface area contributed by atoms with Crippen LogP contribution in [0.1, 0.15) is 34.2 Å². The minimum absolute atomic E-state index is 0.171. The molecule has 4 rings (SSSR count). The number of benzene rings is 1. The van der Waals surface area contributed by atoms with E-state index in [-0.39, 0.29) is 11.5 Å². The van der Waals surface area contributed by atoms with Gasteiger partial charge in [-0.15, -0.1) is 0 Å². The molecule has 1 amide bonds. The number of nitrogens with one attached hydrogen (secondary N) is 2. The quantitative estimate of drug-likeness (QED) is 0.449. The van der Waals surface area contributed by atoms with E-state index in [0.29, 0.717) is 29.1 Å². The van der Waals surface area contributed by atoms with Gasteiger partial charge in [0, 0.05) is 47.7 Å². The molecule has 164 valence electrons. The highest BCUT2D eigenvalue weighted by atomic mass is 32.2. The predicted molar refractivity (Wildman–Crippen MR) is 129 cm³/mol. The fourth-order valence-corrected chi connectivity index (χ4v) is 4.33. The van der Waals surface area contributed by atoms with Gasteiger partial charge in [0.1, 0.15) is 5.82 Å². The van der Waals surface area contributed by atoms with E-state index in [9.17, 15) is 9.59 Å². The highest BCUT2D eigenvalue weighted by Gasteiger charge is 2.23. The molecule has 0 aliphatic heterocycles. The van der Waals surface area contributed by atoms with Crippen molar-refractivity contribution < 1.29 is 4.79 Å². The average molecular weight is 448 g/mol. The number of aromatic amines is 1. The summed E-state index contributed by atoms with van der Waals surface area (Å²) in [5.74, 6) is 1.08. The van der Waals surface area contributed by atoms with Crippen LogP contribution in [0.25, 0.3) is 22.3 Å². The van der Waals surface area contributed by atoms with Gasteiger partial charge in [-0.25, -0.2) is 4.98 Å². The highest BCUT2D eigenvalue weighted by Crippen LogP contribution is 2.26. The lowest BCUT2D eigenvalue weighted by atomic mass is 10.1. The molecule has 32 heavy (non-hydrogen) atoms. The Kier molecular flexibility index (Phi) is 6.41. The summed E-state index contributed by atoms with van der Waals surface area (Å²) in [6.07, 6.45) is 5.98. The van der Waals surface area contributed by atoms with Crippen LogP contribution in [0.15, 0.2) is 59.7 Å². The van der Waals surface area contributed by atoms with Gasteiger partial charge in [0.05, 0.1) is 17.3 Å². The molecular formula is C24H25N5O2S. The highest BCUT2D eigenvalue weighted by molar-refractivity contribution is 7.98. The molecule has 3 heterocycles. The Morgan fingerprint density at radius 1 is 1.25 bits per heavy atom. The van der Waals surface area contributed by atoms with Gasteiger partial charge in [0.15, 0.2) is 0 Å². The Labute approximate surface area is 190 Å². The second-order valence-corrected chi connectivity index (χ2v) is 8.59. The number of rotatable bonds is 7. The van der Waals surface area contributed by atoms with Gasteiger partial charge in [-0.1, -0.05) is 18.2 Å². The van der Waals surface area contributed by atoms with E-state index in [0.717, 1.165) is 22.3 Å². The zero-order valence-electron chi connectivity index (χ0n) is 18.3. The molecule has 0 bridgehead atoms. The lowest BCUT2D eigenvalue weighted by molar-refractivity contribution is 0.0935. The van der Waals surface area contributed by atoms with Crippen molar-refractivity contribution in [3.63, 3.8) is 0 Å². The number of fused-ring (bicyclic) bond motifs is 1. The van der Waals surface area contributed by atoms with Crippen molar-refractivity contribution in [2.45, 2.75) is 19.4 Å². The molecule has 1 aromatic carbocycles. The first-order chi connectivity index (χ1) is 15.5. The first-order valence-electron chi connectivity index (χ1n) is 10.3. The summed E-state index contributed by atoms with van der Waals surface area (Å²) in [6, 6.07) is 12.5. The Balaban J connectivity index is 1.72. The number of aryl methyl sites for hydroxylation is 1. The largest absolute Gasteiger partial charge is 0.347 e. The van der Waals surface area contributed by atoms with Gasteiger partial charge in [0.2, 0.25) is 0 Å². The second kappa shape index (κ2) is 9.40. The number of para-hydroxylation sites is 1. The molecule has 7 nitrogen and oxygen atoms in total. The zero-order valence-corrected chi connectivity index (χ0v) is 19.1. The molecule has 0 saturated carbocycles. The predicted octanol–water partition coefficient (Wildman–Crippen LogP) is 3.86. The number of thioether (sulfide) groups is 1. The monoisotopic (exact) mass is 447 g/mol. The molecule has 0 aliphatic carbocycles. The number of pyridine rings is 1. The molecule has 0 spiro atoms. The third-order valence-electron chi connectivity index (χ3n) is 5.60. The molecule has 0 fully saturated rings. The number of H-pyrrole nitrogens is 1. The van der Waals surface area contributed by atoms with Crippen molar-refractivity contribution in [2.75, 3.05) is 12.0 Å². The van der Waals surface area contributed by atoms with E-state index in [4.69, 9.17) is 0 Å². The first-order valence-corrected chi connectivity index (χ1v) is 11.7. The normalized spacial score (nSPS) is 12.1. The Morgan fingerprint density at radius 3 is 2.81 bits per heavy atom. The molecule has 0 unspecified atom stereocenters. The van der Waals surface area contributed by atoms with Crippen LogP contribution in [0.3, 0.4) is 0 Å². The van der Waals surface area contributed by atoms with Crippen LogP contribution in [0.2, 0.25) is 0 Å². The van der Waals surface area contributed by atoms with E-state index in [1.54, 1.807) is 30.2 Å². The van der Waals surface area contributed by atoms with E-state index in [1.807, 2.05) is 55.1 Å². The number of amides is 1. The van der Waals surface area contributed by atoms with Crippen molar-refractivity contribution >= 4 is 28.6 Å². The molecule has 3 aromatic heterocycles. The van der Waals surface area contributed by atoms with E-state index in [2.05, 4.69) is 20.3 Å². The molecule has 0 saturated heterocycles. The Hall–Kier alpha value is -3.39. The fraction of sp³-hybridized carbons (Fsp3) is 0.250. The Bertz CT molecular complexity index is 1310. The minimum Gasteiger partial charge on any atom is -0.347 e. The van der Waals surface area contributed by atoms with Crippen LogP contribution in [-0.2, 0) is 7.05 Å². The van der Waals surface area contributed by atoms with Crippen LogP contribution in [0.5, 0.6) is 0 Å². The van der Waals surface area contributed by atoms with Gasteiger partial charge in [0.25, 0.3) is 11.5 Å². The molecule has 0 radical (unpaired) electrons. The SMILES string of the molecule is CSCC[C@@H](NC(=O)c1c(C)n(C)c2ccccc12)c1cc(=O)[nH]c(-c2cccnc2)n1. The average Bonchev–Trinajstić information content (AvgIpc) is 3.07. The summed E-state index contributed by atoms with van der Waals surface area (Å²) >= 11 is 1.68. The summed E-state index contributed by atoms with van der Waals surface area (Å²) in [5, 5.41) is 4.05. The van der Waals surface area contributed by atoms with Gasteiger partial charge in [-0.2, -0.15) is 11.8 Å². The van der Waals surface area contributed by atoms with Crippen LogP contribution in [-0.4, -0.2) is 37.4 Å². The number of nitrogens with zero attached hydrogens (tertiary/aromatic N) is 3. The maximum atomic E-state index is 13.4.